The van der Waals surface area contributed by atoms with Gasteiger partial charge in [-0.3, -0.25) is 4.79 Å². The van der Waals surface area contributed by atoms with Gasteiger partial charge in [-0.15, -0.1) is 0 Å². The van der Waals surface area contributed by atoms with E-state index in [1.54, 1.807) is 31.2 Å². The lowest BCUT2D eigenvalue weighted by atomic mass is 10.1. The molecule has 5 nitrogen and oxygen atoms in total. The van der Waals surface area contributed by atoms with Crippen LogP contribution in [-0.2, 0) is 4.79 Å². The number of hydrogen-bond donors (Lipinski definition) is 2. The van der Waals surface area contributed by atoms with Gasteiger partial charge in [-0.25, -0.2) is 0 Å². The lowest BCUT2D eigenvalue weighted by Crippen LogP contribution is -2.13. The first-order valence-corrected chi connectivity index (χ1v) is 8.04. The second-order valence-electron chi connectivity index (χ2n) is 4.92. The molecule has 0 aliphatic heterocycles. The number of aromatic hydroxyl groups is 1. The van der Waals surface area contributed by atoms with E-state index in [4.69, 9.17) is 27.9 Å². The van der Waals surface area contributed by atoms with E-state index in [2.05, 4.69) is 5.32 Å². The third-order valence-electron chi connectivity index (χ3n) is 3.11. The third-order valence-corrected chi connectivity index (χ3v) is 3.63. The van der Waals surface area contributed by atoms with Gasteiger partial charge in [0, 0.05) is 10.7 Å². The minimum Gasteiger partial charge on any atom is -0.503 e. The number of phenols is 1. The Morgan fingerprint density at radius 2 is 2.12 bits per heavy atom. The summed E-state index contributed by atoms with van der Waals surface area (Å²) in [4.78, 5) is 12.3. The van der Waals surface area contributed by atoms with Crippen LogP contribution in [0, 0.1) is 11.3 Å². The van der Waals surface area contributed by atoms with Crippen molar-refractivity contribution in [1.29, 1.82) is 5.26 Å². The molecule has 0 bridgehead atoms. The topological polar surface area (TPSA) is 82.3 Å². The number of phenolic OH excluding ortho intramolecular Hbond substituents is 1. The van der Waals surface area contributed by atoms with E-state index in [-0.39, 0.29) is 22.1 Å². The summed E-state index contributed by atoms with van der Waals surface area (Å²) < 4.78 is 5.28. The molecular weight excluding hydrogens is 363 g/mol. The molecule has 128 valence electrons. The molecule has 2 N–H and O–H groups in total. The highest BCUT2D eigenvalue weighted by Gasteiger charge is 2.13. The summed E-state index contributed by atoms with van der Waals surface area (Å²) >= 11 is 11.8. The zero-order valence-electron chi connectivity index (χ0n) is 13.2. The van der Waals surface area contributed by atoms with E-state index in [1.165, 1.54) is 18.2 Å². The fourth-order valence-corrected chi connectivity index (χ4v) is 2.43. The van der Waals surface area contributed by atoms with E-state index in [0.717, 1.165) is 0 Å². The maximum atomic E-state index is 12.3. The number of halogens is 2. The first-order valence-electron chi connectivity index (χ1n) is 7.28. The SMILES string of the molecule is CCOc1cc(/C=C(\C#N)C(=O)Nc2cccc(Cl)c2)cc(Cl)c1O. The third kappa shape index (κ3) is 4.90. The summed E-state index contributed by atoms with van der Waals surface area (Å²) in [5.74, 6) is -0.608. The molecule has 7 heteroatoms. The average molecular weight is 377 g/mol. The lowest BCUT2D eigenvalue weighted by molar-refractivity contribution is -0.112. The summed E-state index contributed by atoms with van der Waals surface area (Å²) in [5.41, 5.74) is 0.783. The Hall–Kier alpha value is -2.68. The molecule has 0 atom stereocenters. The predicted molar refractivity (Wildman–Crippen MR) is 98.0 cm³/mol. The number of rotatable bonds is 5. The minimum atomic E-state index is -0.591. The van der Waals surface area contributed by atoms with Crippen LogP contribution in [0.15, 0.2) is 42.0 Å². The van der Waals surface area contributed by atoms with Crippen molar-refractivity contribution in [2.24, 2.45) is 0 Å². The normalized spacial score (nSPS) is 10.9. The number of nitrogens with zero attached hydrogens (tertiary/aromatic N) is 1. The Kier molecular flexibility index (Phi) is 6.29. The Bertz CT molecular complexity index is 873. The summed E-state index contributed by atoms with van der Waals surface area (Å²) in [6.07, 6.45) is 1.35. The highest BCUT2D eigenvalue weighted by Crippen LogP contribution is 2.35. The summed E-state index contributed by atoms with van der Waals surface area (Å²) in [7, 11) is 0. The summed E-state index contributed by atoms with van der Waals surface area (Å²) in [5, 5.41) is 22.2. The number of nitriles is 1. The van der Waals surface area contributed by atoms with Crippen LogP contribution in [0.4, 0.5) is 5.69 Å². The Morgan fingerprint density at radius 1 is 1.36 bits per heavy atom. The number of benzene rings is 2. The van der Waals surface area contributed by atoms with Crippen molar-refractivity contribution in [3.05, 3.63) is 57.6 Å². The van der Waals surface area contributed by atoms with Crippen LogP contribution in [0.1, 0.15) is 12.5 Å². The van der Waals surface area contributed by atoms with Crippen LogP contribution in [0.3, 0.4) is 0 Å². The van der Waals surface area contributed by atoms with Crippen molar-refractivity contribution in [2.75, 3.05) is 11.9 Å². The van der Waals surface area contributed by atoms with Gasteiger partial charge in [-0.1, -0.05) is 29.3 Å². The van der Waals surface area contributed by atoms with Crippen LogP contribution >= 0.6 is 23.2 Å². The van der Waals surface area contributed by atoms with E-state index in [9.17, 15) is 15.2 Å². The Labute approximate surface area is 155 Å². The van der Waals surface area contributed by atoms with Crippen molar-refractivity contribution in [3.63, 3.8) is 0 Å². The summed E-state index contributed by atoms with van der Waals surface area (Å²) in [6.45, 7) is 2.09. The standard InChI is InChI=1S/C18H14Cl2N2O3/c1-2-25-16-8-11(7-15(20)17(16)23)6-12(10-21)18(24)22-14-5-3-4-13(19)9-14/h3-9,23H,2H2,1H3,(H,22,24)/b12-6+. The number of nitrogens with one attached hydrogen (secondary N) is 1. The van der Waals surface area contributed by atoms with Gasteiger partial charge in [0.2, 0.25) is 0 Å². The average Bonchev–Trinajstić information content (AvgIpc) is 2.57. The van der Waals surface area contributed by atoms with Crippen LogP contribution in [0.25, 0.3) is 6.08 Å². The van der Waals surface area contributed by atoms with Crippen LogP contribution < -0.4 is 10.1 Å². The van der Waals surface area contributed by atoms with Crippen molar-refractivity contribution in [1.82, 2.24) is 0 Å². The molecule has 0 saturated carbocycles. The molecule has 0 aliphatic carbocycles. The van der Waals surface area contributed by atoms with E-state index in [0.29, 0.717) is 22.9 Å². The number of hydrogen-bond acceptors (Lipinski definition) is 4. The number of carbonyl (C=O) groups is 1. The number of carbonyl (C=O) groups excluding carboxylic acids is 1. The molecule has 2 aromatic carbocycles. The van der Waals surface area contributed by atoms with Crippen molar-refractivity contribution in [3.8, 4) is 17.6 Å². The fourth-order valence-electron chi connectivity index (χ4n) is 2.02. The highest BCUT2D eigenvalue weighted by molar-refractivity contribution is 6.32. The molecule has 0 saturated heterocycles. The largest absolute Gasteiger partial charge is 0.503 e. The molecule has 0 heterocycles. The monoisotopic (exact) mass is 376 g/mol. The maximum Gasteiger partial charge on any atom is 0.266 e. The molecule has 0 radical (unpaired) electrons. The predicted octanol–water partition coefficient (Wildman–Crippen LogP) is 4.64. The van der Waals surface area contributed by atoms with E-state index < -0.39 is 5.91 Å². The molecule has 0 fully saturated rings. The maximum absolute atomic E-state index is 12.3. The molecule has 0 aromatic heterocycles. The van der Waals surface area contributed by atoms with Gasteiger partial charge >= 0.3 is 0 Å². The fraction of sp³-hybridized carbons (Fsp3) is 0.111. The Morgan fingerprint density at radius 3 is 2.76 bits per heavy atom. The lowest BCUT2D eigenvalue weighted by Gasteiger charge is -2.09. The zero-order valence-corrected chi connectivity index (χ0v) is 14.7. The molecule has 2 aromatic rings. The van der Waals surface area contributed by atoms with Gasteiger partial charge < -0.3 is 15.2 Å². The molecule has 1 amide bonds. The van der Waals surface area contributed by atoms with Crippen molar-refractivity contribution < 1.29 is 14.6 Å². The summed E-state index contributed by atoms with van der Waals surface area (Å²) in [6, 6.07) is 11.3. The van der Waals surface area contributed by atoms with Gasteiger partial charge in [0.05, 0.1) is 11.6 Å². The molecule has 0 aliphatic rings. The van der Waals surface area contributed by atoms with Crippen LogP contribution in [0.2, 0.25) is 10.0 Å². The second-order valence-corrected chi connectivity index (χ2v) is 5.76. The van der Waals surface area contributed by atoms with E-state index >= 15 is 0 Å². The van der Waals surface area contributed by atoms with Crippen molar-refractivity contribution >= 4 is 40.9 Å². The van der Waals surface area contributed by atoms with Gasteiger partial charge in [0.15, 0.2) is 11.5 Å². The molecule has 0 unspecified atom stereocenters. The van der Waals surface area contributed by atoms with Crippen LogP contribution in [0.5, 0.6) is 11.5 Å². The zero-order chi connectivity index (χ0) is 18.4. The molecule has 25 heavy (non-hydrogen) atoms. The van der Waals surface area contributed by atoms with Crippen molar-refractivity contribution in [2.45, 2.75) is 6.92 Å². The van der Waals surface area contributed by atoms with Gasteiger partial charge in [-0.05, 0) is 48.9 Å². The first-order chi connectivity index (χ1) is 11.9. The number of anilines is 1. The van der Waals surface area contributed by atoms with Crippen LogP contribution in [-0.4, -0.2) is 17.6 Å². The highest BCUT2D eigenvalue weighted by atomic mass is 35.5. The molecule has 0 spiro atoms. The number of amides is 1. The minimum absolute atomic E-state index is 0.0599. The Balaban J connectivity index is 2.30. The van der Waals surface area contributed by atoms with E-state index in [1.807, 2.05) is 6.07 Å². The van der Waals surface area contributed by atoms with Gasteiger partial charge in [-0.2, -0.15) is 5.26 Å². The smallest absolute Gasteiger partial charge is 0.266 e. The number of ether oxygens (including phenoxy) is 1. The second kappa shape index (κ2) is 8.43. The van der Waals surface area contributed by atoms with Gasteiger partial charge in [0.1, 0.15) is 11.6 Å². The quantitative estimate of drug-likeness (QED) is 0.587. The molecular formula is C18H14Cl2N2O3. The molecule has 2 rings (SSSR count). The van der Waals surface area contributed by atoms with Gasteiger partial charge in [0.25, 0.3) is 5.91 Å². The first kappa shape index (κ1) is 18.7.